The van der Waals surface area contributed by atoms with Crippen LogP contribution < -0.4 is 4.74 Å². The number of ether oxygens (including phenoxy) is 1. The predicted octanol–water partition coefficient (Wildman–Crippen LogP) is 5.03. The summed E-state index contributed by atoms with van der Waals surface area (Å²) in [6, 6.07) is 23.8. The van der Waals surface area contributed by atoms with E-state index < -0.39 is 0 Å². The van der Waals surface area contributed by atoms with Crippen molar-refractivity contribution in [3.05, 3.63) is 85.2 Å². The van der Waals surface area contributed by atoms with Gasteiger partial charge in [-0.1, -0.05) is 48.5 Å². The van der Waals surface area contributed by atoms with Crippen LogP contribution in [0.4, 0.5) is 0 Å². The first-order valence-corrected chi connectivity index (χ1v) is 8.58. The predicted molar refractivity (Wildman–Crippen MR) is 105 cm³/mol. The van der Waals surface area contributed by atoms with E-state index in [1.807, 2.05) is 72.8 Å². The van der Waals surface area contributed by atoms with Gasteiger partial charge in [0.1, 0.15) is 5.75 Å². The summed E-state index contributed by atoms with van der Waals surface area (Å²) in [7, 11) is 0. The van der Waals surface area contributed by atoms with E-state index in [2.05, 4.69) is 19.9 Å². The van der Waals surface area contributed by atoms with E-state index in [1.165, 1.54) is 0 Å². The van der Waals surface area contributed by atoms with Gasteiger partial charge in [0.2, 0.25) is 0 Å². The third-order valence-corrected chi connectivity index (χ3v) is 4.28. The van der Waals surface area contributed by atoms with Gasteiger partial charge in [-0.2, -0.15) is 9.97 Å². The Morgan fingerprint density at radius 3 is 2.30 bits per heavy atom. The quantitative estimate of drug-likeness (QED) is 0.456. The van der Waals surface area contributed by atoms with Crippen LogP contribution in [0.25, 0.3) is 33.2 Å². The fourth-order valence-corrected chi connectivity index (χ4v) is 3.03. The summed E-state index contributed by atoms with van der Waals surface area (Å²) in [5.41, 5.74) is 4.28. The molecular weight excluding hydrogens is 336 g/mol. The number of aromatic nitrogens is 4. The Morgan fingerprint density at radius 1 is 0.630 bits per heavy atom. The minimum atomic E-state index is 0.302. The van der Waals surface area contributed by atoms with Gasteiger partial charge < -0.3 is 4.74 Å². The zero-order valence-corrected chi connectivity index (χ0v) is 14.3. The average Bonchev–Trinajstić information content (AvgIpc) is 2.74. The summed E-state index contributed by atoms with van der Waals surface area (Å²) in [6.07, 6.45) is 3.33. The molecule has 5 heteroatoms. The monoisotopic (exact) mass is 350 g/mol. The highest BCUT2D eigenvalue weighted by molar-refractivity contribution is 5.92. The smallest absolute Gasteiger partial charge is 0.323 e. The molecule has 2 heterocycles. The molecule has 0 atom stereocenters. The van der Waals surface area contributed by atoms with Crippen LogP contribution in [0.2, 0.25) is 0 Å². The Balaban J connectivity index is 1.62. The fraction of sp³-hybridized carbons (Fsp3) is 0. The van der Waals surface area contributed by atoms with E-state index >= 15 is 0 Å². The number of para-hydroxylation sites is 1. The molecule has 0 saturated carbocycles. The molecule has 0 fully saturated rings. The van der Waals surface area contributed by atoms with Crippen molar-refractivity contribution >= 4 is 21.9 Å². The maximum absolute atomic E-state index is 5.97. The van der Waals surface area contributed by atoms with Gasteiger partial charge in [-0.3, -0.25) is 9.97 Å². The molecule has 0 N–H and O–H groups in total. The highest BCUT2D eigenvalue weighted by atomic mass is 16.5. The second kappa shape index (κ2) is 6.46. The van der Waals surface area contributed by atoms with E-state index in [0.29, 0.717) is 11.8 Å². The summed E-state index contributed by atoms with van der Waals surface area (Å²) in [5.74, 6) is 0.622. The van der Waals surface area contributed by atoms with Gasteiger partial charge >= 0.3 is 6.01 Å². The number of rotatable bonds is 3. The molecule has 5 aromatic rings. The molecule has 0 amide bonds. The van der Waals surface area contributed by atoms with Crippen molar-refractivity contribution in [1.82, 2.24) is 19.9 Å². The van der Waals surface area contributed by atoms with Crippen LogP contribution in [0.5, 0.6) is 11.8 Å². The van der Waals surface area contributed by atoms with Crippen LogP contribution in [-0.2, 0) is 0 Å². The van der Waals surface area contributed by atoms with Crippen molar-refractivity contribution in [3.63, 3.8) is 0 Å². The van der Waals surface area contributed by atoms with Crippen LogP contribution in [0.1, 0.15) is 0 Å². The van der Waals surface area contributed by atoms with Gasteiger partial charge in [0.25, 0.3) is 0 Å². The second-order valence-electron chi connectivity index (χ2n) is 6.05. The Bertz CT molecular complexity index is 1260. The molecule has 3 aromatic carbocycles. The molecule has 27 heavy (non-hydrogen) atoms. The molecule has 0 saturated heterocycles. The first-order valence-electron chi connectivity index (χ1n) is 8.58. The first-order chi connectivity index (χ1) is 13.4. The molecule has 0 aliphatic heterocycles. The van der Waals surface area contributed by atoms with Gasteiger partial charge in [0, 0.05) is 29.4 Å². The Labute approximate surface area is 155 Å². The van der Waals surface area contributed by atoms with Gasteiger partial charge in [-0.25, -0.2) is 0 Å². The highest BCUT2D eigenvalue weighted by Gasteiger charge is 2.11. The number of hydrogen-bond donors (Lipinski definition) is 0. The molecule has 0 radical (unpaired) electrons. The van der Waals surface area contributed by atoms with Crippen molar-refractivity contribution in [2.45, 2.75) is 0 Å². The highest BCUT2D eigenvalue weighted by Crippen LogP contribution is 2.29. The van der Waals surface area contributed by atoms with Gasteiger partial charge in [-0.05, 0) is 18.2 Å². The Hall–Kier alpha value is -3.86. The zero-order chi connectivity index (χ0) is 18.1. The van der Waals surface area contributed by atoms with Gasteiger partial charge in [0.05, 0.1) is 22.2 Å². The normalized spacial score (nSPS) is 11.0. The minimum absolute atomic E-state index is 0.302. The maximum Gasteiger partial charge on any atom is 0.323 e. The summed E-state index contributed by atoms with van der Waals surface area (Å²) < 4.78 is 5.97. The van der Waals surface area contributed by atoms with Crippen molar-refractivity contribution in [2.75, 3.05) is 0 Å². The molecule has 5 nitrogen and oxygen atoms in total. The topological polar surface area (TPSA) is 60.8 Å². The maximum atomic E-state index is 5.97. The summed E-state index contributed by atoms with van der Waals surface area (Å²) >= 11 is 0. The largest absolute Gasteiger partial charge is 0.424 e. The third-order valence-electron chi connectivity index (χ3n) is 4.28. The SMILES string of the molecule is c1ccc(-c2nc(Oc3ccc4nccnc4c3)nc3ccccc23)cc1. The van der Waals surface area contributed by atoms with Crippen LogP contribution >= 0.6 is 0 Å². The van der Waals surface area contributed by atoms with Crippen molar-refractivity contribution in [1.29, 1.82) is 0 Å². The average molecular weight is 350 g/mol. The summed E-state index contributed by atoms with van der Waals surface area (Å²) in [6.45, 7) is 0. The lowest BCUT2D eigenvalue weighted by molar-refractivity contribution is 0.445. The first kappa shape index (κ1) is 15.4. The summed E-state index contributed by atoms with van der Waals surface area (Å²) in [4.78, 5) is 17.8. The zero-order valence-electron chi connectivity index (χ0n) is 14.3. The fourth-order valence-electron chi connectivity index (χ4n) is 3.03. The van der Waals surface area contributed by atoms with Crippen molar-refractivity contribution in [2.24, 2.45) is 0 Å². The van der Waals surface area contributed by atoms with Crippen LogP contribution in [0, 0.1) is 0 Å². The molecule has 0 aliphatic rings. The number of nitrogens with zero attached hydrogens (tertiary/aromatic N) is 4. The van der Waals surface area contributed by atoms with Gasteiger partial charge in [-0.15, -0.1) is 0 Å². The van der Waals surface area contributed by atoms with Crippen LogP contribution in [0.3, 0.4) is 0 Å². The molecule has 128 valence electrons. The van der Waals surface area contributed by atoms with E-state index in [4.69, 9.17) is 4.74 Å². The van der Waals surface area contributed by atoms with E-state index in [9.17, 15) is 0 Å². The number of hydrogen-bond acceptors (Lipinski definition) is 5. The lowest BCUT2D eigenvalue weighted by Gasteiger charge is -2.10. The molecule has 0 aliphatic carbocycles. The lowest BCUT2D eigenvalue weighted by Crippen LogP contribution is -1.96. The van der Waals surface area contributed by atoms with Crippen molar-refractivity contribution < 1.29 is 4.74 Å². The Morgan fingerprint density at radius 2 is 1.41 bits per heavy atom. The van der Waals surface area contributed by atoms with E-state index in [-0.39, 0.29) is 0 Å². The molecule has 0 unspecified atom stereocenters. The van der Waals surface area contributed by atoms with Gasteiger partial charge in [0.15, 0.2) is 0 Å². The second-order valence-corrected chi connectivity index (χ2v) is 6.05. The molecule has 0 bridgehead atoms. The lowest BCUT2D eigenvalue weighted by atomic mass is 10.1. The van der Waals surface area contributed by atoms with Crippen molar-refractivity contribution in [3.8, 4) is 23.0 Å². The molecule has 2 aromatic heterocycles. The molecule has 0 spiro atoms. The van der Waals surface area contributed by atoms with E-state index in [0.717, 1.165) is 33.2 Å². The standard InChI is InChI=1S/C22H14N4O/c1-2-6-15(7-3-1)21-17-8-4-5-9-18(17)25-22(26-21)27-16-10-11-19-20(14-16)24-13-12-23-19/h1-14H. The third kappa shape index (κ3) is 2.95. The Kier molecular flexibility index (Phi) is 3.68. The number of fused-ring (bicyclic) bond motifs is 2. The number of benzene rings is 3. The van der Waals surface area contributed by atoms with Crippen LogP contribution in [-0.4, -0.2) is 19.9 Å². The molecular formula is C22H14N4O. The van der Waals surface area contributed by atoms with E-state index in [1.54, 1.807) is 12.4 Å². The molecule has 5 rings (SSSR count). The summed E-state index contributed by atoms with van der Waals surface area (Å²) in [5, 5.41) is 0.987. The minimum Gasteiger partial charge on any atom is -0.424 e. The van der Waals surface area contributed by atoms with Crippen LogP contribution in [0.15, 0.2) is 85.2 Å².